The van der Waals surface area contributed by atoms with Crippen molar-refractivity contribution in [2.75, 3.05) is 6.54 Å². The third-order valence-electron chi connectivity index (χ3n) is 4.16. The average Bonchev–Trinajstić information content (AvgIpc) is 3.24. The van der Waals surface area contributed by atoms with Gasteiger partial charge < -0.3 is 10.5 Å². The van der Waals surface area contributed by atoms with Crippen molar-refractivity contribution < 1.29 is 4.74 Å². The largest absolute Gasteiger partial charge is 0.453 e. The predicted octanol–water partition coefficient (Wildman–Crippen LogP) is 2.89. The van der Waals surface area contributed by atoms with Gasteiger partial charge in [0.25, 0.3) is 0 Å². The van der Waals surface area contributed by atoms with E-state index in [9.17, 15) is 5.26 Å². The molecule has 0 aliphatic heterocycles. The molecule has 0 amide bonds. The molecule has 0 spiro atoms. The highest BCUT2D eigenvalue weighted by Crippen LogP contribution is 2.32. The molecule has 8 heteroatoms. The van der Waals surface area contributed by atoms with Gasteiger partial charge in [-0.3, -0.25) is 0 Å². The van der Waals surface area contributed by atoms with Crippen molar-refractivity contribution >= 4 is 0 Å². The zero-order valence-corrected chi connectivity index (χ0v) is 15.4. The molecule has 3 heterocycles. The van der Waals surface area contributed by atoms with Crippen molar-refractivity contribution in [3.8, 4) is 34.8 Å². The highest BCUT2D eigenvalue weighted by atomic mass is 16.5. The van der Waals surface area contributed by atoms with Crippen LogP contribution in [0.5, 0.6) is 11.5 Å². The van der Waals surface area contributed by atoms with Crippen molar-refractivity contribution in [3.63, 3.8) is 0 Å². The lowest BCUT2D eigenvalue weighted by atomic mass is 10.1. The molecular weight excluding hydrogens is 366 g/mol. The van der Waals surface area contributed by atoms with E-state index in [0.717, 1.165) is 5.56 Å². The van der Waals surface area contributed by atoms with Crippen LogP contribution in [0, 0.1) is 11.3 Å². The lowest BCUT2D eigenvalue weighted by Gasteiger charge is -2.10. The Morgan fingerprint density at radius 2 is 1.93 bits per heavy atom. The molecular formula is C21H17N7O. The molecule has 0 bridgehead atoms. The Balaban J connectivity index is 1.66. The number of nitrogens with zero attached hydrogens (tertiary/aromatic N) is 6. The first-order valence-corrected chi connectivity index (χ1v) is 8.96. The van der Waals surface area contributed by atoms with Crippen LogP contribution >= 0.6 is 0 Å². The Labute approximate surface area is 167 Å². The highest BCUT2D eigenvalue weighted by Gasteiger charge is 2.13. The normalized spacial score (nSPS) is 10.5. The number of hydrogen-bond acceptors (Lipinski definition) is 7. The summed E-state index contributed by atoms with van der Waals surface area (Å²) < 4.78 is 7.64. The molecule has 1 aromatic carbocycles. The van der Waals surface area contributed by atoms with Crippen LogP contribution in [0.1, 0.15) is 11.1 Å². The minimum Gasteiger partial charge on any atom is -0.453 e. The Morgan fingerprint density at radius 1 is 1.07 bits per heavy atom. The first-order chi connectivity index (χ1) is 14.3. The first-order valence-electron chi connectivity index (χ1n) is 8.96. The third-order valence-corrected chi connectivity index (χ3v) is 4.16. The quantitative estimate of drug-likeness (QED) is 0.544. The van der Waals surface area contributed by atoms with Gasteiger partial charge in [-0.25, -0.2) is 19.6 Å². The van der Waals surface area contributed by atoms with Gasteiger partial charge in [0.1, 0.15) is 5.75 Å². The monoisotopic (exact) mass is 383 g/mol. The van der Waals surface area contributed by atoms with Gasteiger partial charge in [0.05, 0.1) is 29.6 Å². The van der Waals surface area contributed by atoms with E-state index in [2.05, 4.69) is 26.1 Å². The van der Waals surface area contributed by atoms with Crippen molar-refractivity contribution in [1.29, 1.82) is 5.26 Å². The fraction of sp³-hybridized carbons (Fsp3) is 0.0952. The van der Waals surface area contributed by atoms with Crippen LogP contribution in [-0.2, 0) is 6.42 Å². The van der Waals surface area contributed by atoms with Gasteiger partial charge in [-0.15, -0.1) is 0 Å². The topological polar surface area (TPSA) is 116 Å². The number of hydrogen-bond donors (Lipinski definition) is 1. The van der Waals surface area contributed by atoms with Crippen LogP contribution in [0.2, 0.25) is 0 Å². The van der Waals surface area contributed by atoms with Crippen molar-refractivity contribution in [2.24, 2.45) is 5.73 Å². The van der Waals surface area contributed by atoms with Gasteiger partial charge in [0, 0.05) is 18.6 Å². The molecule has 29 heavy (non-hydrogen) atoms. The molecule has 2 N–H and O–H groups in total. The number of ether oxygens (including phenoxy) is 1. The molecule has 8 nitrogen and oxygen atoms in total. The van der Waals surface area contributed by atoms with Crippen LogP contribution in [-0.4, -0.2) is 31.3 Å². The Hall–Kier alpha value is -4.09. The van der Waals surface area contributed by atoms with Gasteiger partial charge in [-0.05, 0) is 48.9 Å². The maximum atomic E-state index is 9.26. The van der Waals surface area contributed by atoms with Crippen molar-refractivity contribution in [3.05, 3.63) is 78.5 Å². The summed E-state index contributed by atoms with van der Waals surface area (Å²) in [6.07, 6.45) is 9.20. The molecule has 0 saturated heterocycles. The Kier molecular flexibility index (Phi) is 5.23. The number of pyridine rings is 1. The molecule has 0 saturated carbocycles. The minimum atomic E-state index is 0.469. The fourth-order valence-electron chi connectivity index (χ4n) is 2.75. The molecule has 142 valence electrons. The third kappa shape index (κ3) is 4.10. The van der Waals surface area contributed by atoms with Crippen LogP contribution in [0.15, 0.2) is 67.4 Å². The van der Waals surface area contributed by atoms with E-state index in [1.165, 1.54) is 0 Å². The zero-order valence-electron chi connectivity index (χ0n) is 15.4. The standard InChI is InChI=1S/C21H17N7O/c22-7-6-16-11-25-21(26-12-16)18-5-4-15(10-23)9-19(18)29-17-13-27-28(14-17)20-3-1-2-8-24-20/h1-5,8-9,11-14H,6-7,22H2. The van der Waals surface area contributed by atoms with E-state index in [1.54, 1.807) is 53.9 Å². The maximum absolute atomic E-state index is 9.26. The summed E-state index contributed by atoms with van der Waals surface area (Å²) in [6, 6.07) is 12.8. The van der Waals surface area contributed by atoms with Gasteiger partial charge in [-0.1, -0.05) is 6.07 Å². The molecule has 3 aromatic heterocycles. The SMILES string of the molecule is N#Cc1ccc(-c2ncc(CCN)cn2)c(Oc2cnn(-c3ccccn3)c2)c1. The van der Waals surface area contributed by atoms with Gasteiger partial charge in [0.2, 0.25) is 0 Å². The summed E-state index contributed by atoms with van der Waals surface area (Å²) in [7, 11) is 0. The van der Waals surface area contributed by atoms with Crippen LogP contribution < -0.4 is 10.5 Å². The van der Waals surface area contributed by atoms with E-state index in [1.807, 2.05) is 18.2 Å². The second-order valence-corrected chi connectivity index (χ2v) is 6.19. The van der Waals surface area contributed by atoms with E-state index < -0.39 is 0 Å². The summed E-state index contributed by atoms with van der Waals surface area (Å²) in [6.45, 7) is 0.536. The van der Waals surface area contributed by atoms with E-state index in [0.29, 0.717) is 47.2 Å². The van der Waals surface area contributed by atoms with Crippen molar-refractivity contribution in [2.45, 2.75) is 6.42 Å². The van der Waals surface area contributed by atoms with Crippen molar-refractivity contribution in [1.82, 2.24) is 24.7 Å². The number of nitrogens with two attached hydrogens (primary N) is 1. The molecule has 0 fully saturated rings. The van der Waals surface area contributed by atoms with Crippen LogP contribution in [0.4, 0.5) is 0 Å². The Bertz CT molecular complexity index is 1150. The number of benzene rings is 1. The molecule has 0 aliphatic rings. The summed E-state index contributed by atoms with van der Waals surface area (Å²) in [5.74, 6) is 2.15. The first kappa shape index (κ1) is 18.3. The molecule has 0 aliphatic carbocycles. The lowest BCUT2D eigenvalue weighted by Crippen LogP contribution is -2.04. The second kappa shape index (κ2) is 8.29. The number of rotatable bonds is 6. The zero-order chi connectivity index (χ0) is 20.1. The molecule has 4 rings (SSSR count). The highest BCUT2D eigenvalue weighted by molar-refractivity contribution is 5.66. The van der Waals surface area contributed by atoms with E-state index in [-0.39, 0.29) is 0 Å². The number of aromatic nitrogens is 5. The fourth-order valence-corrected chi connectivity index (χ4v) is 2.75. The Morgan fingerprint density at radius 3 is 2.66 bits per heavy atom. The predicted molar refractivity (Wildman–Crippen MR) is 106 cm³/mol. The smallest absolute Gasteiger partial charge is 0.165 e. The second-order valence-electron chi connectivity index (χ2n) is 6.19. The summed E-state index contributed by atoms with van der Waals surface area (Å²) >= 11 is 0. The van der Waals surface area contributed by atoms with E-state index >= 15 is 0 Å². The molecule has 0 unspecified atom stereocenters. The number of nitriles is 1. The summed E-state index contributed by atoms with van der Waals surface area (Å²) in [5.41, 5.74) is 7.69. The maximum Gasteiger partial charge on any atom is 0.165 e. The van der Waals surface area contributed by atoms with Gasteiger partial charge in [-0.2, -0.15) is 10.4 Å². The molecule has 0 atom stereocenters. The van der Waals surface area contributed by atoms with E-state index in [4.69, 9.17) is 10.5 Å². The average molecular weight is 383 g/mol. The molecule has 0 radical (unpaired) electrons. The lowest BCUT2D eigenvalue weighted by molar-refractivity contribution is 0.483. The summed E-state index contributed by atoms with van der Waals surface area (Å²) in [4.78, 5) is 13.1. The van der Waals surface area contributed by atoms with Crippen LogP contribution in [0.3, 0.4) is 0 Å². The minimum absolute atomic E-state index is 0.469. The van der Waals surface area contributed by atoms with Gasteiger partial charge >= 0.3 is 0 Å². The van der Waals surface area contributed by atoms with Gasteiger partial charge in [0.15, 0.2) is 17.4 Å². The summed E-state index contributed by atoms with van der Waals surface area (Å²) in [5, 5.41) is 13.5. The molecule has 4 aromatic rings. The van der Waals surface area contributed by atoms with Crippen LogP contribution in [0.25, 0.3) is 17.2 Å².